The fourth-order valence-electron chi connectivity index (χ4n) is 5.34. The summed E-state index contributed by atoms with van der Waals surface area (Å²) < 4.78 is 5.30. The summed E-state index contributed by atoms with van der Waals surface area (Å²) in [6.07, 6.45) is 6.39. The molecule has 3 fully saturated rings. The van der Waals surface area contributed by atoms with Crippen molar-refractivity contribution in [3.05, 3.63) is 30.2 Å². The summed E-state index contributed by atoms with van der Waals surface area (Å²) >= 11 is 0. The van der Waals surface area contributed by atoms with Crippen LogP contribution in [0.1, 0.15) is 36.2 Å². The molecule has 166 valence electrons. The van der Waals surface area contributed by atoms with Crippen molar-refractivity contribution < 1.29 is 19.1 Å². The van der Waals surface area contributed by atoms with Crippen LogP contribution < -0.4 is 4.90 Å². The minimum atomic E-state index is -1.04. The zero-order valence-electron chi connectivity index (χ0n) is 17.8. The van der Waals surface area contributed by atoms with Gasteiger partial charge in [-0.3, -0.25) is 4.90 Å². The fraction of sp³-hybridized carbons (Fsp3) is 0.565. The summed E-state index contributed by atoms with van der Waals surface area (Å²) in [4.78, 5) is 32.9. The first-order chi connectivity index (χ1) is 15.1. The molecule has 1 saturated carbocycles. The number of fused-ring (bicyclic) bond motifs is 1. The van der Waals surface area contributed by atoms with E-state index >= 15 is 0 Å². The Balaban J connectivity index is 1.15. The molecule has 3 heterocycles. The number of carboxylic acid groups (broad SMARTS) is 1. The molecule has 1 aliphatic carbocycles. The molecule has 2 aromatic rings. The number of benzene rings is 1. The Morgan fingerprint density at radius 1 is 1.00 bits per heavy atom. The van der Waals surface area contributed by atoms with Crippen LogP contribution >= 0.6 is 0 Å². The van der Waals surface area contributed by atoms with Gasteiger partial charge in [-0.1, -0.05) is 25.0 Å². The van der Waals surface area contributed by atoms with E-state index in [1.807, 2.05) is 17.0 Å². The van der Waals surface area contributed by atoms with Crippen LogP contribution in [0.5, 0.6) is 0 Å². The Labute approximate surface area is 182 Å². The first kappa shape index (κ1) is 20.2. The van der Waals surface area contributed by atoms with E-state index in [1.165, 1.54) is 25.7 Å². The van der Waals surface area contributed by atoms with Crippen LogP contribution in [0.4, 0.5) is 10.5 Å². The Morgan fingerprint density at radius 2 is 1.77 bits per heavy atom. The molecule has 31 heavy (non-hydrogen) atoms. The van der Waals surface area contributed by atoms with Crippen LogP contribution in [0, 0.1) is 0 Å². The Kier molecular flexibility index (Phi) is 5.48. The van der Waals surface area contributed by atoms with Gasteiger partial charge in [0.1, 0.15) is 6.26 Å². The molecule has 8 heteroatoms. The number of carbonyl (C=O) groups excluding carboxylic acids is 1. The van der Waals surface area contributed by atoms with Crippen molar-refractivity contribution >= 4 is 28.5 Å². The largest absolute Gasteiger partial charge is 0.475 e. The summed E-state index contributed by atoms with van der Waals surface area (Å²) in [5, 5.41) is 10.8. The number of amides is 2. The van der Waals surface area contributed by atoms with Crippen LogP contribution in [-0.2, 0) is 0 Å². The number of nitrogens with zero attached hydrogens (tertiary/aromatic N) is 4. The maximum absolute atomic E-state index is 12.8. The molecule has 0 radical (unpaired) electrons. The Hall–Kier alpha value is -2.74. The first-order valence-electron chi connectivity index (χ1n) is 11.4. The van der Waals surface area contributed by atoms with Gasteiger partial charge in [0.05, 0.1) is 0 Å². The molecule has 0 bridgehead atoms. The quantitative estimate of drug-likeness (QED) is 0.765. The molecule has 5 rings (SSSR count). The second kappa shape index (κ2) is 8.42. The summed E-state index contributed by atoms with van der Waals surface area (Å²) in [7, 11) is 0. The summed E-state index contributed by atoms with van der Waals surface area (Å²) in [6, 6.07) is 6.41. The lowest BCUT2D eigenvalue weighted by molar-refractivity contribution is 0.0665. The molecule has 2 saturated heterocycles. The van der Waals surface area contributed by atoms with Gasteiger partial charge in [-0.05, 0) is 18.9 Å². The lowest BCUT2D eigenvalue weighted by Gasteiger charge is -2.37. The van der Waals surface area contributed by atoms with Crippen molar-refractivity contribution in [1.82, 2.24) is 14.7 Å². The normalized spacial score (nSPS) is 21.0. The second-order valence-corrected chi connectivity index (χ2v) is 8.84. The van der Waals surface area contributed by atoms with Gasteiger partial charge in [-0.15, -0.1) is 0 Å². The smallest absolute Gasteiger partial charge is 0.372 e. The molecule has 8 nitrogen and oxygen atoms in total. The van der Waals surface area contributed by atoms with Crippen molar-refractivity contribution in [1.29, 1.82) is 0 Å². The van der Waals surface area contributed by atoms with E-state index in [9.17, 15) is 14.7 Å². The number of urea groups is 1. The number of hydrogen-bond donors (Lipinski definition) is 1. The SMILES string of the molecule is O=C(O)c1occ2c(N3CCN(CCN4CCN(C5CCCC5)C4=O)CC3)cccc12. The highest BCUT2D eigenvalue weighted by Crippen LogP contribution is 2.31. The predicted octanol–water partition coefficient (Wildman–Crippen LogP) is 2.93. The minimum Gasteiger partial charge on any atom is -0.475 e. The van der Waals surface area contributed by atoms with Crippen LogP contribution in [0.25, 0.3) is 10.8 Å². The van der Waals surface area contributed by atoms with E-state index in [1.54, 1.807) is 12.3 Å². The Morgan fingerprint density at radius 3 is 2.52 bits per heavy atom. The molecule has 0 atom stereocenters. The molecule has 3 aliphatic rings. The van der Waals surface area contributed by atoms with Gasteiger partial charge in [0.15, 0.2) is 0 Å². The molecular formula is C23H30N4O4. The number of carboxylic acids is 1. The van der Waals surface area contributed by atoms with E-state index in [-0.39, 0.29) is 11.8 Å². The standard InChI is InChI=1S/C23H30N4O4/c28-22(29)21-18-6-3-7-20(19(18)16-31-21)25-11-8-24(9-12-25)10-13-26-14-15-27(23(26)30)17-4-1-2-5-17/h3,6-7,16-17H,1-2,4-5,8-15H2,(H,28,29). The van der Waals surface area contributed by atoms with Crippen LogP contribution in [0.15, 0.2) is 28.9 Å². The van der Waals surface area contributed by atoms with Gasteiger partial charge >= 0.3 is 12.0 Å². The third-order valence-electron chi connectivity index (χ3n) is 7.11. The zero-order valence-corrected chi connectivity index (χ0v) is 17.8. The number of furan rings is 1. The van der Waals surface area contributed by atoms with Crippen molar-refractivity contribution in [3.8, 4) is 0 Å². The highest BCUT2D eigenvalue weighted by molar-refractivity contribution is 6.05. The highest BCUT2D eigenvalue weighted by Gasteiger charge is 2.35. The van der Waals surface area contributed by atoms with E-state index in [4.69, 9.17) is 4.42 Å². The predicted molar refractivity (Wildman–Crippen MR) is 118 cm³/mol. The highest BCUT2D eigenvalue weighted by atomic mass is 16.4. The van der Waals surface area contributed by atoms with Crippen LogP contribution in [0.2, 0.25) is 0 Å². The first-order valence-corrected chi connectivity index (χ1v) is 11.4. The van der Waals surface area contributed by atoms with E-state index < -0.39 is 5.97 Å². The van der Waals surface area contributed by atoms with E-state index in [0.29, 0.717) is 11.4 Å². The molecular weight excluding hydrogens is 396 g/mol. The third kappa shape index (κ3) is 3.84. The van der Waals surface area contributed by atoms with Crippen molar-refractivity contribution in [2.75, 3.05) is 57.3 Å². The Bertz CT molecular complexity index is 960. The number of carbonyl (C=O) groups is 2. The number of anilines is 1. The lowest BCUT2D eigenvalue weighted by atomic mass is 10.1. The maximum Gasteiger partial charge on any atom is 0.372 e. The zero-order chi connectivity index (χ0) is 21.4. The van der Waals surface area contributed by atoms with Gasteiger partial charge in [0.2, 0.25) is 5.76 Å². The molecule has 1 aromatic heterocycles. The summed E-state index contributed by atoms with van der Waals surface area (Å²) in [5.41, 5.74) is 1.02. The molecule has 2 aliphatic heterocycles. The maximum atomic E-state index is 12.8. The van der Waals surface area contributed by atoms with E-state index in [2.05, 4.69) is 14.7 Å². The average Bonchev–Trinajstić information content (AvgIpc) is 3.52. The molecule has 0 unspecified atom stereocenters. The minimum absolute atomic E-state index is 0.00239. The van der Waals surface area contributed by atoms with Crippen molar-refractivity contribution in [2.45, 2.75) is 31.7 Å². The van der Waals surface area contributed by atoms with Gasteiger partial charge in [0, 0.05) is 74.9 Å². The molecule has 1 aromatic carbocycles. The number of hydrogen-bond acceptors (Lipinski definition) is 5. The van der Waals surface area contributed by atoms with Crippen molar-refractivity contribution in [3.63, 3.8) is 0 Å². The second-order valence-electron chi connectivity index (χ2n) is 8.84. The van der Waals surface area contributed by atoms with Gasteiger partial charge in [-0.2, -0.15) is 0 Å². The van der Waals surface area contributed by atoms with Gasteiger partial charge in [-0.25, -0.2) is 9.59 Å². The summed E-state index contributed by atoms with van der Waals surface area (Å²) in [5.74, 6) is -1.04. The fourth-order valence-corrected chi connectivity index (χ4v) is 5.34. The number of rotatable bonds is 6. The van der Waals surface area contributed by atoms with Crippen LogP contribution in [0.3, 0.4) is 0 Å². The topological polar surface area (TPSA) is 80.5 Å². The molecule has 0 spiro atoms. The molecule has 2 amide bonds. The average molecular weight is 427 g/mol. The van der Waals surface area contributed by atoms with E-state index in [0.717, 1.165) is 63.4 Å². The lowest BCUT2D eigenvalue weighted by Crippen LogP contribution is -2.49. The number of aromatic carboxylic acids is 1. The number of piperazine rings is 1. The summed E-state index contributed by atoms with van der Waals surface area (Å²) in [6.45, 7) is 7.01. The molecule has 1 N–H and O–H groups in total. The van der Waals surface area contributed by atoms with Crippen molar-refractivity contribution in [2.24, 2.45) is 0 Å². The monoisotopic (exact) mass is 426 g/mol. The van der Waals surface area contributed by atoms with Gasteiger partial charge in [0.25, 0.3) is 0 Å². The van der Waals surface area contributed by atoms with Crippen LogP contribution in [-0.4, -0.2) is 90.2 Å². The third-order valence-corrected chi connectivity index (χ3v) is 7.11. The van der Waals surface area contributed by atoms with Gasteiger partial charge < -0.3 is 24.2 Å².